The molecule has 0 saturated carbocycles. The number of hydrogen-bond acceptors (Lipinski definition) is 6. The quantitative estimate of drug-likeness (QED) is 0.447. The van der Waals surface area contributed by atoms with Crippen LogP contribution in [0, 0.1) is 0 Å². The summed E-state index contributed by atoms with van der Waals surface area (Å²) in [5.41, 5.74) is -0.728. The molecular weight excluding hydrogens is 204 g/mol. The molecule has 0 amide bonds. The number of cyclic esters (lactones) is 1. The van der Waals surface area contributed by atoms with Gasteiger partial charge in [0.15, 0.2) is 6.29 Å². The highest BCUT2D eigenvalue weighted by atomic mass is 16.6. The van der Waals surface area contributed by atoms with Crippen molar-refractivity contribution < 1.29 is 29.6 Å². The molecule has 6 heteroatoms. The minimum atomic E-state index is -1.60. The number of aldehydes is 1. The monoisotopic (exact) mass is 210 g/mol. The van der Waals surface area contributed by atoms with E-state index in [2.05, 4.69) is 4.74 Å². The summed E-state index contributed by atoms with van der Waals surface area (Å²) in [6, 6.07) is 0.970. The van der Waals surface area contributed by atoms with E-state index < -0.39 is 23.8 Å². The van der Waals surface area contributed by atoms with Crippen LogP contribution in [0.4, 0.5) is 0 Å². The number of fused-ring (bicyclic) bond motifs is 1. The number of carbonyl (C=O) groups is 2. The summed E-state index contributed by atoms with van der Waals surface area (Å²) in [6.45, 7) is 0. The summed E-state index contributed by atoms with van der Waals surface area (Å²) < 4.78 is 4.40. The highest BCUT2D eigenvalue weighted by Gasteiger charge is 2.35. The minimum Gasteiger partial charge on any atom is -0.507 e. The fourth-order valence-electron chi connectivity index (χ4n) is 1.45. The first-order valence-electron chi connectivity index (χ1n) is 3.99. The lowest BCUT2D eigenvalue weighted by atomic mass is 10.0. The molecule has 0 aromatic heterocycles. The minimum absolute atomic E-state index is 0.150. The number of esters is 1. The first-order valence-corrected chi connectivity index (χ1v) is 3.99. The van der Waals surface area contributed by atoms with Gasteiger partial charge in [-0.2, -0.15) is 0 Å². The van der Waals surface area contributed by atoms with Crippen LogP contribution in [-0.4, -0.2) is 27.6 Å². The first kappa shape index (κ1) is 9.47. The Morgan fingerprint density at radius 2 is 2.07 bits per heavy atom. The molecule has 0 bridgehead atoms. The van der Waals surface area contributed by atoms with Crippen LogP contribution in [0.25, 0.3) is 0 Å². The molecule has 0 unspecified atom stereocenters. The van der Waals surface area contributed by atoms with Gasteiger partial charge in [-0.15, -0.1) is 0 Å². The molecule has 1 aromatic carbocycles. The number of rotatable bonds is 1. The van der Waals surface area contributed by atoms with Gasteiger partial charge in [0.1, 0.15) is 11.5 Å². The van der Waals surface area contributed by atoms with Gasteiger partial charge in [0.2, 0.25) is 6.29 Å². The maximum Gasteiger partial charge on any atom is 0.341 e. The Labute approximate surface area is 83.3 Å². The Morgan fingerprint density at radius 3 is 2.67 bits per heavy atom. The van der Waals surface area contributed by atoms with Crippen LogP contribution >= 0.6 is 0 Å². The Balaban J connectivity index is 2.77. The number of carbonyl (C=O) groups excluding carboxylic acids is 2. The van der Waals surface area contributed by atoms with Gasteiger partial charge in [0.05, 0.1) is 16.7 Å². The average Bonchev–Trinajstić information content (AvgIpc) is 2.42. The van der Waals surface area contributed by atoms with Gasteiger partial charge >= 0.3 is 5.97 Å². The zero-order valence-corrected chi connectivity index (χ0v) is 7.30. The van der Waals surface area contributed by atoms with Crippen molar-refractivity contribution in [1.82, 2.24) is 0 Å². The van der Waals surface area contributed by atoms with E-state index in [9.17, 15) is 24.9 Å². The third-order valence-corrected chi connectivity index (χ3v) is 2.16. The van der Waals surface area contributed by atoms with Crippen LogP contribution in [0.15, 0.2) is 6.07 Å². The van der Waals surface area contributed by atoms with Crippen LogP contribution in [-0.2, 0) is 4.74 Å². The van der Waals surface area contributed by atoms with Crippen molar-refractivity contribution in [1.29, 1.82) is 0 Å². The van der Waals surface area contributed by atoms with Crippen molar-refractivity contribution >= 4 is 12.3 Å². The van der Waals surface area contributed by atoms with E-state index in [1.165, 1.54) is 0 Å². The van der Waals surface area contributed by atoms with Crippen molar-refractivity contribution in [3.05, 3.63) is 22.8 Å². The van der Waals surface area contributed by atoms with Gasteiger partial charge < -0.3 is 20.1 Å². The molecule has 1 aromatic rings. The molecule has 1 aliphatic heterocycles. The summed E-state index contributed by atoms with van der Waals surface area (Å²) in [5.74, 6) is -2.04. The highest BCUT2D eigenvalue weighted by Crippen LogP contribution is 2.40. The number of aromatic hydroxyl groups is 2. The summed E-state index contributed by atoms with van der Waals surface area (Å²) in [7, 11) is 0. The van der Waals surface area contributed by atoms with E-state index in [0.717, 1.165) is 6.07 Å². The van der Waals surface area contributed by atoms with E-state index in [4.69, 9.17) is 0 Å². The van der Waals surface area contributed by atoms with E-state index >= 15 is 0 Å². The van der Waals surface area contributed by atoms with E-state index in [1.807, 2.05) is 0 Å². The van der Waals surface area contributed by atoms with Crippen molar-refractivity contribution in [2.75, 3.05) is 0 Å². The van der Waals surface area contributed by atoms with Gasteiger partial charge in [0.25, 0.3) is 0 Å². The molecule has 2 rings (SSSR count). The zero-order chi connectivity index (χ0) is 11.2. The Kier molecular flexibility index (Phi) is 1.87. The predicted octanol–water partition coefficient (Wildman–Crippen LogP) is 0.0716. The molecule has 3 N–H and O–H groups in total. The third kappa shape index (κ3) is 1.15. The maximum absolute atomic E-state index is 11.1. The number of benzene rings is 1. The summed E-state index contributed by atoms with van der Waals surface area (Å²) in [4.78, 5) is 21.6. The first-order chi connectivity index (χ1) is 7.06. The lowest BCUT2D eigenvalue weighted by Gasteiger charge is -2.06. The number of ether oxygens (including phenoxy) is 1. The van der Waals surface area contributed by atoms with Gasteiger partial charge in [-0.1, -0.05) is 0 Å². The third-order valence-electron chi connectivity index (χ3n) is 2.16. The molecule has 0 fully saturated rings. The standard InChI is InChI=1S/C9H6O6/c10-2-4-5(11)1-3-6(7(4)12)9(14)15-8(3)13/h1-2,9,11-12,14H/t9-/m0/s1. The predicted molar refractivity (Wildman–Crippen MR) is 45.5 cm³/mol. The van der Waals surface area contributed by atoms with Crippen molar-refractivity contribution in [2.24, 2.45) is 0 Å². The lowest BCUT2D eigenvalue weighted by molar-refractivity contribution is -0.0555. The smallest absolute Gasteiger partial charge is 0.341 e. The Morgan fingerprint density at radius 1 is 1.40 bits per heavy atom. The SMILES string of the molecule is O=Cc1c(O)cc2c(c1O)[C@@H](O)OC2=O. The number of phenolic OH excluding ortho intramolecular Hbond substituents is 2. The molecule has 1 aliphatic rings. The van der Waals surface area contributed by atoms with E-state index in [1.54, 1.807) is 0 Å². The average molecular weight is 210 g/mol. The maximum atomic E-state index is 11.1. The van der Waals surface area contributed by atoms with Crippen LogP contribution in [0.3, 0.4) is 0 Å². The van der Waals surface area contributed by atoms with Gasteiger partial charge in [0, 0.05) is 0 Å². The molecule has 1 atom stereocenters. The number of phenols is 2. The zero-order valence-electron chi connectivity index (χ0n) is 7.30. The second-order valence-corrected chi connectivity index (χ2v) is 2.99. The Hall–Kier alpha value is -2.08. The Bertz CT molecular complexity index is 464. The van der Waals surface area contributed by atoms with Crippen molar-refractivity contribution in [3.8, 4) is 11.5 Å². The number of hydrogen-bond donors (Lipinski definition) is 3. The molecule has 6 nitrogen and oxygen atoms in total. The van der Waals surface area contributed by atoms with E-state index in [0.29, 0.717) is 0 Å². The van der Waals surface area contributed by atoms with Crippen LogP contribution in [0.1, 0.15) is 32.6 Å². The summed E-state index contributed by atoms with van der Waals surface area (Å²) in [5, 5.41) is 28.0. The fourth-order valence-corrected chi connectivity index (χ4v) is 1.45. The molecule has 78 valence electrons. The van der Waals surface area contributed by atoms with Crippen LogP contribution in [0.5, 0.6) is 11.5 Å². The number of aliphatic hydroxyl groups is 1. The van der Waals surface area contributed by atoms with Gasteiger partial charge in [-0.3, -0.25) is 4.79 Å². The van der Waals surface area contributed by atoms with Gasteiger partial charge in [-0.25, -0.2) is 4.79 Å². The van der Waals surface area contributed by atoms with Crippen molar-refractivity contribution in [3.63, 3.8) is 0 Å². The normalized spacial score (nSPS) is 18.5. The number of aliphatic hydroxyl groups excluding tert-OH is 1. The second-order valence-electron chi connectivity index (χ2n) is 2.99. The lowest BCUT2D eigenvalue weighted by Crippen LogP contribution is -1.96. The fraction of sp³-hybridized carbons (Fsp3) is 0.111. The summed E-state index contributed by atoms with van der Waals surface area (Å²) >= 11 is 0. The second kappa shape index (κ2) is 2.96. The molecule has 0 saturated heterocycles. The molecule has 0 radical (unpaired) electrons. The van der Waals surface area contributed by atoms with E-state index in [-0.39, 0.29) is 23.0 Å². The highest BCUT2D eigenvalue weighted by molar-refractivity contribution is 5.98. The van der Waals surface area contributed by atoms with Crippen LogP contribution in [0.2, 0.25) is 0 Å². The summed E-state index contributed by atoms with van der Waals surface area (Å²) in [6.07, 6.45) is -1.38. The largest absolute Gasteiger partial charge is 0.507 e. The molecule has 0 spiro atoms. The topological polar surface area (TPSA) is 104 Å². The van der Waals surface area contributed by atoms with Crippen molar-refractivity contribution in [2.45, 2.75) is 6.29 Å². The molecular formula is C9H6O6. The molecule has 15 heavy (non-hydrogen) atoms. The molecule has 0 aliphatic carbocycles. The van der Waals surface area contributed by atoms with Crippen LogP contribution < -0.4 is 0 Å². The molecule has 1 heterocycles. The van der Waals surface area contributed by atoms with Gasteiger partial charge in [-0.05, 0) is 6.07 Å².